The molecule has 0 bridgehead atoms. The van der Waals surface area contributed by atoms with Crippen LogP contribution in [0.2, 0.25) is 0 Å². The normalized spacial score (nSPS) is 12.7. The van der Waals surface area contributed by atoms with Crippen LogP contribution < -0.4 is 4.74 Å². The Bertz CT molecular complexity index is 2920. The van der Waals surface area contributed by atoms with E-state index in [9.17, 15) is 0 Å². The minimum Gasteiger partial charge on any atom is -0.665 e. The fourth-order valence-corrected chi connectivity index (χ4v) is 7.81. The Kier molecular flexibility index (Phi) is 10.4. The Labute approximate surface area is 368 Å². The van der Waals surface area contributed by atoms with Crippen LogP contribution in [0.4, 0.5) is 0 Å². The number of para-hydroxylation sites is 1. The summed E-state index contributed by atoms with van der Waals surface area (Å²) < 4.78 is 33.5. The van der Waals surface area contributed by atoms with Gasteiger partial charge in [-0.25, -0.2) is 4.98 Å². The molecule has 8 aromatic rings. The van der Waals surface area contributed by atoms with E-state index in [1.807, 2.05) is 68.6 Å². The van der Waals surface area contributed by atoms with Gasteiger partial charge < -0.3 is 4.74 Å². The van der Waals surface area contributed by atoms with Crippen LogP contribution in [-0.4, -0.2) is 14.5 Å². The molecule has 0 saturated heterocycles. The zero-order valence-electron chi connectivity index (χ0n) is 38.0. The van der Waals surface area contributed by atoms with E-state index in [0.717, 1.165) is 77.9 Å². The zero-order chi connectivity index (χ0) is 43.4. The van der Waals surface area contributed by atoms with Gasteiger partial charge in [0.2, 0.25) is 0 Å². The summed E-state index contributed by atoms with van der Waals surface area (Å²) in [4.78, 5) is 10.4. The van der Waals surface area contributed by atoms with Crippen molar-refractivity contribution >= 4 is 11.0 Å². The van der Waals surface area contributed by atoms with Gasteiger partial charge in [-0.3, -0.25) is 9.55 Å². The van der Waals surface area contributed by atoms with Gasteiger partial charge in [0.25, 0.3) is 0 Å². The van der Waals surface area contributed by atoms with Crippen molar-refractivity contribution in [3.8, 4) is 67.5 Å². The smallest absolute Gasteiger partial charge is 0.665 e. The van der Waals surface area contributed by atoms with Crippen molar-refractivity contribution in [2.45, 2.75) is 73.1 Å². The first-order valence-corrected chi connectivity index (χ1v) is 19.8. The number of benzene rings is 6. The van der Waals surface area contributed by atoms with E-state index >= 15 is 0 Å². The van der Waals surface area contributed by atoms with Crippen molar-refractivity contribution in [1.82, 2.24) is 14.5 Å². The molecule has 0 atom stereocenters. The van der Waals surface area contributed by atoms with E-state index < -0.39 is 6.85 Å². The Hall–Kier alpha value is -5.57. The minimum absolute atomic E-state index is 0. The van der Waals surface area contributed by atoms with Crippen molar-refractivity contribution < 1.29 is 29.9 Å². The number of hydrogen-bond donors (Lipinski definition) is 0. The number of nitrogens with zero attached hydrogens (tertiary/aromatic N) is 3. The van der Waals surface area contributed by atoms with Gasteiger partial charge in [-0.2, -0.15) is 7.11 Å². The molecule has 298 valence electrons. The number of fused-ring (bicyclic) bond motifs is 1. The topological polar surface area (TPSA) is 39.9 Å². The Morgan fingerprint density at radius 1 is 0.644 bits per heavy atom. The molecule has 5 heteroatoms. The summed E-state index contributed by atoms with van der Waals surface area (Å²) in [7, 11) is 3.84. The Morgan fingerprint density at radius 2 is 1.36 bits per heavy atom. The molecular formula is C54H51N3OPt. The van der Waals surface area contributed by atoms with E-state index in [1.54, 1.807) is 12.1 Å². The molecule has 8 rings (SSSR count). The molecule has 0 radical (unpaired) electrons. The molecule has 0 fully saturated rings. The molecule has 0 saturated carbocycles. The molecular weight excluding hydrogens is 902 g/mol. The van der Waals surface area contributed by atoms with Gasteiger partial charge in [0.15, 0.2) is 0 Å². The van der Waals surface area contributed by atoms with E-state index in [0.29, 0.717) is 17.3 Å². The summed E-state index contributed by atoms with van der Waals surface area (Å²) in [5.41, 5.74) is 14.8. The monoisotopic (exact) mass is 955 g/mol. The third-order valence-electron chi connectivity index (χ3n) is 10.9. The van der Waals surface area contributed by atoms with E-state index in [-0.39, 0.29) is 37.5 Å². The molecule has 0 aliphatic heterocycles. The summed E-state index contributed by atoms with van der Waals surface area (Å²) in [5, 5.41) is 0. The molecule has 2 heterocycles. The quantitative estimate of drug-likeness (QED) is 0.149. The first-order valence-electron chi connectivity index (χ1n) is 21.3. The van der Waals surface area contributed by atoms with Crippen molar-refractivity contribution in [3.05, 3.63) is 175 Å². The summed E-state index contributed by atoms with van der Waals surface area (Å²) in [5.74, 6) is 1.20. The molecule has 0 spiro atoms. The van der Waals surface area contributed by atoms with Crippen molar-refractivity contribution in [2.24, 2.45) is 0 Å². The van der Waals surface area contributed by atoms with Gasteiger partial charge in [0.05, 0.1) is 22.3 Å². The number of rotatable bonds is 7. The van der Waals surface area contributed by atoms with E-state index in [2.05, 4.69) is 126 Å². The number of imidazole rings is 1. The largest absolute Gasteiger partial charge is 2.00 e. The van der Waals surface area contributed by atoms with Crippen LogP contribution in [0.3, 0.4) is 0 Å². The first-order chi connectivity index (χ1) is 28.9. The number of aromatic nitrogens is 3. The molecule has 6 aromatic carbocycles. The second kappa shape index (κ2) is 16.2. The molecule has 0 aliphatic carbocycles. The average molecular weight is 956 g/mol. The van der Waals surface area contributed by atoms with Gasteiger partial charge in [-0.15, -0.1) is 29.3 Å². The predicted molar refractivity (Wildman–Crippen MR) is 242 cm³/mol. The number of ether oxygens (including phenoxy) is 1. The second-order valence-electron chi connectivity index (χ2n) is 17.4. The molecule has 59 heavy (non-hydrogen) atoms. The van der Waals surface area contributed by atoms with E-state index in [4.69, 9.17) is 18.8 Å². The van der Waals surface area contributed by atoms with Crippen LogP contribution in [0.15, 0.2) is 134 Å². The minimum atomic E-state index is -2.36. The van der Waals surface area contributed by atoms with Crippen molar-refractivity contribution in [3.63, 3.8) is 0 Å². The van der Waals surface area contributed by atoms with Crippen LogP contribution in [0.1, 0.15) is 73.5 Å². The third-order valence-corrected chi connectivity index (χ3v) is 10.9. The van der Waals surface area contributed by atoms with Crippen LogP contribution in [-0.2, 0) is 31.9 Å². The molecule has 2 aromatic heterocycles. The van der Waals surface area contributed by atoms with Gasteiger partial charge in [0, 0.05) is 21.7 Å². The van der Waals surface area contributed by atoms with Gasteiger partial charge in [0.1, 0.15) is 5.82 Å². The molecule has 4 nitrogen and oxygen atoms in total. The van der Waals surface area contributed by atoms with Crippen molar-refractivity contribution in [2.75, 3.05) is 0 Å². The summed E-state index contributed by atoms with van der Waals surface area (Å²) >= 11 is 0. The van der Waals surface area contributed by atoms with Gasteiger partial charge in [-0.05, 0) is 106 Å². The summed E-state index contributed by atoms with van der Waals surface area (Å²) in [6, 6.07) is 46.8. The van der Waals surface area contributed by atoms with Crippen LogP contribution in [0, 0.1) is 33.9 Å². The fourth-order valence-electron chi connectivity index (χ4n) is 7.81. The molecule has 0 N–H and O–H groups in total. The SMILES string of the molecule is [2H]C([2H])([2H])c1cc(-c2ccccc2)cc(-n2c(-c3cc(C)cc(C)c3O[CH2-])nc3c(-c4[c-]c(-c5cc(-c6ccc(C(C)(C)C)cc6)ccn5)cc(C(C)(C)C)c4)cccc32)c1.[Pt+2]. The predicted octanol–water partition coefficient (Wildman–Crippen LogP) is 14.2. The number of hydrogen-bond acceptors (Lipinski definition) is 3. The van der Waals surface area contributed by atoms with Crippen LogP contribution >= 0.6 is 0 Å². The first kappa shape index (κ1) is 37.7. The maximum Gasteiger partial charge on any atom is 2.00 e. The summed E-state index contributed by atoms with van der Waals surface area (Å²) in [6.45, 7) is 15.0. The van der Waals surface area contributed by atoms with Gasteiger partial charge in [-0.1, -0.05) is 138 Å². The van der Waals surface area contributed by atoms with Crippen LogP contribution in [0.25, 0.3) is 72.7 Å². The number of aryl methyl sites for hydroxylation is 3. The average Bonchev–Trinajstić information content (AvgIpc) is 3.62. The summed E-state index contributed by atoms with van der Waals surface area (Å²) in [6.07, 6.45) is 1.87. The maximum atomic E-state index is 8.53. The second-order valence-corrected chi connectivity index (χ2v) is 17.4. The molecule has 0 aliphatic rings. The van der Waals surface area contributed by atoms with E-state index in [1.165, 1.54) is 5.56 Å². The fraction of sp³-hybridized carbons (Fsp3) is 0.204. The Morgan fingerprint density at radius 3 is 2.05 bits per heavy atom. The third kappa shape index (κ3) is 8.34. The Balaban J connectivity index is 0.00000578. The molecule has 0 unspecified atom stereocenters. The maximum absolute atomic E-state index is 8.53. The zero-order valence-corrected chi connectivity index (χ0v) is 37.2. The molecule has 0 amide bonds. The van der Waals surface area contributed by atoms with Crippen molar-refractivity contribution in [1.29, 1.82) is 0 Å². The number of pyridine rings is 1. The van der Waals surface area contributed by atoms with Crippen LogP contribution in [0.5, 0.6) is 5.75 Å². The van der Waals surface area contributed by atoms with Gasteiger partial charge >= 0.3 is 21.1 Å². The standard InChI is InChI=1S/C54H51N3O.Pt/c1-34-25-36(3)51(58-10)47(28-34)52-56-50-46(17-14-18-49(50)57(52)45-27-35(2)26-40(32-45)37-15-12-11-13-16-37)41-29-42(31-44(30-41)54(7,8)9)48-33-39(23-24-55-48)38-19-21-43(22-20-38)53(4,5)6;/h11-28,30-33H,10H2,1-9H3;/q-2;+2/i2D3;.